The number of hydrogen-bond donors (Lipinski definition) is 2. The molecule has 1 atom stereocenters. The van der Waals surface area contributed by atoms with Gasteiger partial charge >= 0.3 is 0 Å². The SMILES string of the molecule is CC1(C)CC(=O)C2=C(C1)Nc1cnccc1NC2c1ccncc1. The smallest absolute Gasteiger partial charge is 0.163 e. The van der Waals surface area contributed by atoms with Crippen molar-refractivity contribution < 1.29 is 4.79 Å². The molecule has 1 aliphatic heterocycles. The van der Waals surface area contributed by atoms with Crippen LogP contribution in [0.5, 0.6) is 0 Å². The van der Waals surface area contributed by atoms with Gasteiger partial charge in [-0.25, -0.2) is 0 Å². The minimum atomic E-state index is -0.178. The second-order valence-corrected chi connectivity index (χ2v) is 7.24. The predicted octanol–water partition coefficient (Wildman–Crippen LogP) is 3.70. The quantitative estimate of drug-likeness (QED) is 0.838. The summed E-state index contributed by atoms with van der Waals surface area (Å²) in [6, 6.07) is 5.68. The Morgan fingerprint density at radius 2 is 1.79 bits per heavy atom. The largest absolute Gasteiger partial charge is 0.372 e. The lowest BCUT2D eigenvalue weighted by atomic mass is 9.73. The van der Waals surface area contributed by atoms with Gasteiger partial charge in [0.25, 0.3) is 0 Å². The van der Waals surface area contributed by atoms with Crippen LogP contribution in [0.25, 0.3) is 0 Å². The van der Waals surface area contributed by atoms with E-state index in [4.69, 9.17) is 0 Å². The average molecular weight is 320 g/mol. The third-order valence-corrected chi connectivity index (χ3v) is 4.65. The number of ketones is 1. The van der Waals surface area contributed by atoms with Crippen molar-refractivity contribution in [2.24, 2.45) is 5.41 Å². The Labute approximate surface area is 141 Å². The second-order valence-electron chi connectivity index (χ2n) is 7.24. The van der Waals surface area contributed by atoms with Crippen molar-refractivity contribution in [2.75, 3.05) is 10.6 Å². The third-order valence-electron chi connectivity index (χ3n) is 4.65. The molecule has 0 fully saturated rings. The van der Waals surface area contributed by atoms with Crippen LogP contribution >= 0.6 is 0 Å². The topological polar surface area (TPSA) is 66.9 Å². The number of aromatic nitrogens is 2. The van der Waals surface area contributed by atoms with Crippen LogP contribution in [0, 0.1) is 5.41 Å². The van der Waals surface area contributed by atoms with Gasteiger partial charge in [-0.05, 0) is 35.6 Å². The number of nitrogens with one attached hydrogen (secondary N) is 2. The molecule has 1 aliphatic carbocycles. The van der Waals surface area contributed by atoms with Crippen molar-refractivity contribution in [1.82, 2.24) is 9.97 Å². The van der Waals surface area contributed by atoms with Crippen molar-refractivity contribution >= 4 is 17.2 Å². The van der Waals surface area contributed by atoms with E-state index in [2.05, 4.69) is 34.4 Å². The molecule has 2 aromatic heterocycles. The average Bonchev–Trinajstić information content (AvgIpc) is 2.70. The first-order chi connectivity index (χ1) is 11.5. The molecule has 0 bridgehead atoms. The van der Waals surface area contributed by atoms with Crippen molar-refractivity contribution in [2.45, 2.75) is 32.7 Å². The molecule has 3 heterocycles. The number of rotatable bonds is 1. The number of anilines is 2. The maximum atomic E-state index is 13.0. The number of Topliss-reactive ketones (excluding diaryl/α,β-unsaturated/α-hetero) is 1. The van der Waals surface area contributed by atoms with Gasteiger partial charge in [-0.2, -0.15) is 0 Å². The first-order valence-electron chi connectivity index (χ1n) is 8.17. The summed E-state index contributed by atoms with van der Waals surface area (Å²) in [5.74, 6) is 0.198. The molecule has 5 heteroatoms. The maximum Gasteiger partial charge on any atom is 0.163 e. The Balaban J connectivity index is 1.89. The fourth-order valence-corrected chi connectivity index (χ4v) is 3.60. The second kappa shape index (κ2) is 5.44. The number of carbonyl (C=O) groups excluding carboxylic acids is 1. The van der Waals surface area contributed by atoms with Gasteiger partial charge in [-0.15, -0.1) is 0 Å². The zero-order valence-corrected chi connectivity index (χ0v) is 13.8. The van der Waals surface area contributed by atoms with Gasteiger partial charge in [-0.1, -0.05) is 13.8 Å². The number of fused-ring (bicyclic) bond motifs is 1. The molecule has 1 unspecified atom stereocenters. The van der Waals surface area contributed by atoms with E-state index in [1.807, 2.05) is 18.2 Å². The Kier molecular flexibility index (Phi) is 3.37. The zero-order valence-electron chi connectivity index (χ0n) is 13.8. The number of allylic oxidation sites excluding steroid dienone is 1. The molecule has 122 valence electrons. The number of nitrogens with zero attached hydrogens (tertiary/aromatic N) is 2. The Morgan fingerprint density at radius 1 is 1.04 bits per heavy atom. The fourth-order valence-electron chi connectivity index (χ4n) is 3.60. The molecule has 0 aromatic carbocycles. The Bertz CT molecular complexity index is 826. The van der Waals surface area contributed by atoms with E-state index in [-0.39, 0.29) is 17.2 Å². The summed E-state index contributed by atoms with van der Waals surface area (Å²) in [7, 11) is 0. The minimum absolute atomic E-state index is 0.0432. The Hall–Kier alpha value is -2.69. The highest BCUT2D eigenvalue weighted by atomic mass is 16.1. The van der Waals surface area contributed by atoms with Crippen molar-refractivity contribution in [3.05, 3.63) is 59.8 Å². The lowest BCUT2D eigenvalue weighted by Gasteiger charge is -2.34. The highest BCUT2D eigenvalue weighted by molar-refractivity contribution is 6.01. The van der Waals surface area contributed by atoms with Gasteiger partial charge in [0.15, 0.2) is 5.78 Å². The van der Waals surface area contributed by atoms with Gasteiger partial charge in [0.2, 0.25) is 0 Å². The summed E-state index contributed by atoms with van der Waals surface area (Å²) < 4.78 is 0. The molecule has 5 nitrogen and oxygen atoms in total. The standard InChI is InChI=1S/C19H20N4O/c1-19(2)9-14-17(16(24)10-19)18(12-3-6-20-7-4-12)23-13-5-8-21-11-15(13)22-14/h3-8,11,18,22-23H,9-10H2,1-2H3. The molecule has 2 N–H and O–H groups in total. The van der Waals surface area contributed by atoms with E-state index in [1.54, 1.807) is 24.8 Å². The van der Waals surface area contributed by atoms with E-state index in [0.29, 0.717) is 6.42 Å². The van der Waals surface area contributed by atoms with Gasteiger partial charge < -0.3 is 10.6 Å². The summed E-state index contributed by atoms with van der Waals surface area (Å²) in [6.07, 6.45) is 8.48. The summed E-state index contributed by atoms with van der Waals surface area (Å²) >= 11 is 0. The van der Waals surface area contributed by atoms with Gasteiger partial charge in [-0.3, -0.25) is 14.8 Å². The first-order valence-corrected chi connectivity index (χ1v) is 8.17. The van der Waals surface area contributed by atoms with E-state index in [1.165, 1.54) is 0 Å². The molecular weight excluding hydrogens is 300 g/mol. The van der Waals surface area contributed by atoms with E-state index in [9.17, 15) is 4.79 Å². The summed E-state index contributed by atoms with van der Waals surface area (Å²) in [4.78, 5) is 21.3. The monoisotopic (exact) mass is 320 g/mol. The van der Waals surface area contributed by atoms with Crippen LogP contribution in [0.2, 0.25) is 0 Å². The van der Waals surface area contributed by atoms with Crippen LogP contribution in [-0.2, 0) is 4.79 Å². The van der Waals surface area contributed by atoms with Crippen LogP contribution in [0.1, 0.15) is 38.3 Å². The van der Waals surface area contributed by atoms with Crippen LogP contribution in [0.15, 0.2) is 54.3 Å². The van der Waals surface area contributed by atoms with E-state index in [0.717, 1.165) is 34.6 Å². The molecule has 4 rings (SSSR count). The molecule has 0 saturated heterocycles. The third kappa shape index (κ3) is 2.56. The highest BCUT2D eigenvalue weighted by Gasteiger charge is 2.38. The van der Waals surface area contributed by atoms with E-state index < -0.39 is 0 Å². The summed E-state index contributed by atoms with van der Waals surface area (Å²) in [5.41, 5.74) is 4.68. The first kappa shape index (κ1) is 14.9. The summed E-state index contributed by atoms with van der Waals surface area (Å²) in [6.45, 7) is 4.28. The van der Waals surface area contributed by atoms with E-state index >= 15 is 0 Å². The van der Waals surface area contributed by atoms with Gasteiger partial charge in [0.1, 0.15) is 0 Å². The molecule has 0 amide bonds. The lowest BCUT2D eigenvalue weighted by molar-refractivity contribution is -0.118. The molecule has 2 aliphatic rings. The molecule has 0 radical (unpaired) electrons. The van der Waals surface area contributed by atoms with Crippen LogP contribution in [-0.4, -0.2) is 15.8 Å². The number of hydrogen-bond acceptors (Lipinski definition) is 5. The van der Waals surface area contributed by atoms with Crippen LogP contribution in [0.4, 0.5) is 11.4 Å². The molecular formula is C19H20N4O. The normalized spacial score (nSPS) is 21.9. The Morgan fingerprint density at radius 3 is 2.58 bits per heavy atom. The van der Waals surface area contributed by atoms with Crippen LogP contribution < -0.4 is 10.6 Å². The summed E-state index contributed by atoms with van der Waals surface area (Å²) in [5, 5.41) is 6.99. The zero-order chi connectivity index (χ0) is 16.7. The van der Waals surface area contributed by atoms with Crippen molar-refractivity contribution in [3.63, 3.8) is 0 Å². The van der Waals surface area contributed by atoms with Crippen molar-refractivity contribution in [3.8, 4) is 0 Å². The van der Waals surface area contributed by atoms with Crippen molar-refractivity contribution in [1.29, 1.82) is 0 Å². The predicted molar refractivity (Wildman–Crippen MR) is 93.5 cm³/mol. The lowest BCUT2D eigenvalue weighted by Crippen LogP contribution is -2.31. The molecule has 0 spiro atoms. The fraction of sp³-hybridized carbons (Fsp3) is 0.316. The highest BCUT2D eigenvalue weighted by Crippen LogP contribution is 2.45. The minimum Gasteiger partial charge on any atom is -0.372 e. The molecule has 24 heavy (non-hydrogen) atoms. The number of pyridine rings is 2. The van der Waals surface area contributed by atoms with Gasteiger partial charge in [0, 0.05) is 36.3 Å². The molecule has 2 aromatic rings. The maximum absolute atomic E-state index is 13.0. The van der Waals surface area contributed by atoms with Crippen LogP contribution in [0.3, 0.4) is 0 Å². The molecule has 0 saturated carbocycles. The number of carbonyl (C=O) groups is 1. The van der Waals surface area contributed by atoms with Gasteiger partial charge in [0.05, 0.1) is 23.6 Å².